The van der Waals surface area contributed by atoms with Gasteiger partial charge in [-0.1, -0.05) is 42.5 Å². The number of carbonyl (C=O) groups excluding carboxylic acids is 4. The van der Waals surface area contributed by atoms with Gasteiger partial charge in [0.2, 0.25) is 17.7 Å². The van der Waals surface area contributed by atoms with Crippen molar-refractivity contribution in [3.05, 3.63) is 65.7 Å². The first-order chi connectivity index (χ1) is 17.9. The smallest absolute Gasteiger partial charge is 0.408 e. The van der Waals surface area contributed by atoms with Gasteiger partial charge in [0.1, 0.15) is 23.4 Å². The molecule has 0 aromatic heterocycles. The van der Waals surface area contributed by atoms with Crippen LogP contribution in [0.2, 0.25) is 0 Å². The van der Waals surface area contributed by atoms with Crippen molar-refractivity contribution in [3.63, 3.8) is 0 Å². The monoisotopic (exact) mass is 524 g/mol. The maximum Gasteiger partial charge on any atom is 0.408 e. The second-order valence-corrected chi connectivity index (χ2v) is 10.4. The van der Waals surface area contributed by atoms with Gasteiger partial charge in [-0.15, -0.1) is 0 Å². The predicted molar refractivity (Wildman–Crippen MR) is 141 cm³/mol. The number of nitrogens with one attached hydrogen (secondary N) is 2. The standard InChI is InChI=1S/C28H36N4O6/c1-28(2,3)38-27(37)31-22(15-16-23(29)34)26(36)32(20-11-12-20)24(19-9-13-21(33)14-10-19)25(35)30-17-18-7-5-4-6-8-18/h4-10,13-14,20,22,24,33H,11-12,15-17H2,1-3H3,(H2,29,34)(H,30,35)(H,31,37). The Morgan fingerprint density at radius 3 is 2.24 bits per heavy atom. The van der Waals surface area contributed by atoms with E-state index in [1.165, 1.54) is 17.0 Å². The highest BCUT2D eigenvalue weighted by Gasteiger charge is 2.44. The molecule has 1 aliphatic rings. The molecule has 0 spiro atoms. The van der Waals surface area contributed by atoms with Crippen molar-refractivity contribution in [1.29, 1.82) is 0 Å². The summed E-state index contributed by atoms with van der Waals surface area (Å²) >= 11 is 0. The van der Waals surface area contributed by atoms with E-state index < -0.39 is 41.5 Å². The van der Waals surface area contributed by atoms with Crippen molar-refractivity contribution in [2.45, 2.75) is 76.7 Å². The third kappa shape index (κ3) is 8.50. The quantitative estimate of drug-likeness (QED) is 0.355. The fourth-order valence-corrected chi connectivity index (χ4v) is 4.02. The second-order valence-electron chi connectivity index (χ2n) is 10.4. The van der Waals surface area contributed by atoms with Gasteiger partial charge in [-0.25, -0.2) is 4.79 Å². The molecule has 2 atom stereocenters. The number of primary amides is 1. The van der Waals surface area contributed by atoms with Gasteiger partial charge in [-0.2, -0.15) is 0 Å². The summed E-state index contributed by atoms with van der Waals surface area (Å²) in [5.41, 5.74) is 5.92. The molecule has 5 N–H and O–H groups in total. The summed E-state index contributed by atoms with van der Waals surface area (Å²) in [6.45, 7) is 5.34. The summed E-state index contributed by atoms with van der Waals surface area (Å²) in [5, 5.41) is 15.3. The number of nitrogens with two attached hydrogens (primary N) is 1. The molecule has 0 bridgehead atoms. The Balaban J connectivity index is 1.92. The lowest BCUT2D eigenvalue weighted by Crippen LogP contribution is -2.54. The van der Waals surface area contributed by atoms with Crippen LogP contribution in [0.5, 0.6) is 5.75 Å². The molecule has 1 fully saturated rings. The molecule has 1 saturated carbocycles. The van der Waals surface area contributed by atoms with Crippen LogP contribution in [0, 0.1) is 0 Å². The van der Waals surface area contributed by atoms with Gasteiger partial charge in [0, 0.05) is 19.0 Å². The number of alkyl carbamates (subject to hydrolysis) is 1. The zero-order valence-corrected chi connectivity index (χ0v) is 22.0. The molecule has 0 saturated heterocycles. The van der Waals surface area contributed by atoms with Gasteiger partial charge in [0.05, 0.1) is 0 Å². The van der Waals surface area contributed by atoms with Crippen molar-refractivity contribution in [1.82, 2.24) is 15.5 Å². The third-order valence-corrected chi connectivity index (χ3v) is 5.91. The van der Waals surface area contributed by atoms with Crippen LogP contribution in [0.4, 0.5) is 4.79 Å². The number of ether oxygens (including phenoxy) is 1. The van der Waals surface area contributed by atoms with Crippen molar-refractivity contribution in [3.8, 4) is 5.75 Å². The first kappa shape index (κ1) is 28.5. The highest BCUT2D eigenvalue weighted by molar-refractivity contribution is 5.93. The Labute approximate surface area is 222 Å². The molecule has 2 aromatic rings. The number of phenolic OH excluding ortho intramolecular Hbond substituents is 1. The summed E-state index contributed by atoms with van der Waals surface area (Å²) in [7, 11) is 0. The van der Waals surface area contributed by atoms with E-state index in [-0.39, 0.29) is 31.2 Å². The van der Waals surface area contributed by atoms with E-state index in [0.717, 1.165) is 5.56 Å². The molecule has 0 heterocycles. The molecular formula is C28H36N4O6. The normalized spacial score (nSPS) is 14.6. The van der Waals surface area contributed by atoms with Crippen LogP contribution in [-0.2, 0) is 25.7 Å². The zero-order chi connectivity index (χ0) is 27.9. The van der Waals surface area contributed by atoms with E-state index in [4.69, 9.17) is 10.5 Å². The molecule has 0 aliphatic heterocycles. The van der Waals surface area contributed by atoms with Gasteiger partial charge in [-0.3, -0.25) is 14.4 Å². The average Bonchev–Trinajstić information content (AvgIpc) is 3.68. The number of benzene rings is 2. The van der Waals surface area contributed by atoms with Gasteiger partial charge in [-0.05, 0) is 63.3 Å². The molecule has 10 nitrogen and oxygen atoms in total. The van der Waals surface area contributed by atoms with Crippen LogP contribution in [0.3, 0.4) is 0 Å². The number of nitrogens with zero attached hydrogens (tertiary/aromatic N) is 1. The SMILES string of the molecule is CC(C)(C)OC(=O)NC(CCC(N)=O)C(=O)N(C1CC1)C(C(=O)NCc1ccccc1)c1ccc(O)cc1. The van der Waals surface area contributed by atoms with E-state index in [1.54, 1.807) is 32.9 Å². The molecule has 4 amide bonds. The fourth-order valence-electron chi connectivity index (χ4n) is 4.02. The molecule has 10 heteroatoms. The summed E-state index contributed by atoms with van der Waals surface area (Å²) < 4.78 is 5.33. The topological polar surface area (TPSA) is 151 Å². The van der Waals surface area contributed by atoms with Crippen molar-refractivity contribution < 1.29 is 29.0 Å². The first-order valence-corrected chi connectivity index (χ1v) is 12.6. The number of carbonyl (C=O) groups is 4. The lowest BCUT2D eigenvalue weighted by atomic mass is 10.0. The molecule has 0 radical (unpaired) electrons. The molecule has 204 valence electrons. The van der Waals surface area contributed by atoms with Crippen molar-refractivity contribution >= 4 is 23.8 Å². The maximum atomic E-state index is 14.0. The minimum absolute atomic E-state index is 0.0208. The predicted octanol–water partition coefficient (Wildman–Crippen LogP) is 2.90. The number of rotatable bonds is 11. The summed E-state index contributed by atoms with van der Waals surface area (Å²) in [6, 6.07) is 13.0. The highest BCUT2D eigenvalue weighted by Crippen LogP contribution is 2.36. The Bertz CT molecular complexity index is 1130. The zero-order valence-electron chi connectivity index (χ0n) is 22.0. The maximum absolute atomic E-state index is 14.0. The Kier molecular flexibility index (Phi) is 9.33. The number of hydrogen-bond acceptors (Lipinski definition) is 6. The van der Waals surface area contributed by atoms with Gasteiger partial charge in [0.15, 0.2) is 0 Å². The highest BCUT2D eigenvalue weighted by atomic mass is 16.6. The Morgan fingerprint density at radius 2 is 1.68 bits per heavy atom. The second kappa shape index (κ2) is 12.4. The van der Waals surface area contributed by atoms with E-state index in [2.05, 4.69) is 10.6 Å². The number of aromatic hydroxyl groups is 1. The third-order valence-electron chi connectivity index (χ3n) is 5.91. The summed E-state index contributed by atoms with van der Waals surface area (Å²) in [5.74, 6) is -1.53. The molecule has 3 rings (SSSR count). The van der Waals surface area contributed by atoms with Crippen LogP contribution >= 0.6 is 0 Å². The fraction of sp³-hybridized carbons (Fsp3) is 0.429. The average molecular weight is 525 g/mol. The molecular weight excluding hydrogens is 488 g/mol. The van der Waals surface area contributed by atoms with Gasteiger partial charge < -0.3 is 31.1 Å². The van der Waals surface area contributed by atoms with E-state index in [0.29, 0.717) is 18.4 Å². The summed E-state index contributed by atoms with van der Waals surface area (Å²) in [4.78, 5) is 53.2. The Morgan fingerprint density at radius 1 is 1.05 bits per heavy atom. The number of phenols is 1. The van der Waals surface area contributed by atoms with Crippen LogP contribution in [0.1, 0.15) is 63.6 Å². The molecule has 2 aromatic carbocycles. The lowest BCUT2D eigenvalue weighted by Gasteiger charge is -2.34. The number of amides is 4. The van der Waals surface area contributed by atoms with Crippen molar-refractivity contribution in [2.24, 2.45) is 5.73 Å². The van der Waals surface area contributed by atoms with E-state index in [1.807, 2.05) is 30.3 Å². The van der Waals surface area contributed by atoms with Crippen LogP contribution in [0.15, 0.2) is 54.6 Å². The van der Waals surface area contributed by atoms with E-state index in [9.17, 15) is 24.3 Å². The summed E-state index contributed by atoms with van der Waals surface area (Å²) in [6.07, 6.45) is 0.354. The number of hydrogen-bond donors (Lipinski definition) is 4. The minimum atomic E-state index is -1.14. The van der Waals surface area contributed by atoms with E-state index >= 15 is 0 Å². The largest absolute Gasteiger partial charge is 0.508 e. The van der Waals surface area contributed by atoms with Crippen LogP contribution in [0.25, 0.3) is 0 Å². The Hall–Kier alpha value is -4.08. The first-order valence-electron chi connectivity index (χ1n) is 12.6. The molecule has 1 aliphatic carbocycles. The van der Waals surface area contributed by atoms with Crippen LogP contribution < -0.4 is 16.4 Å². The van der Waals surface area contributed by atoms with Crippen LogP contribution in [-0.4, -0.2) is 51.5 Å². The van der Waals surface area contributed by atoms with Gasteiger partial charge in [0.25, 0.3) is 0 Å². The lowest BCUT2D eigenvalue weighted by molar-refractivity contribution is -0.143. The molecule has 2 unspecified atom stereocenters. The molecule has 38 heavy (non-hydrogen) atoms. The minimum Gasteiger partial charge on any atom is -0.508 e. The van der Waals surface area contributed by atoms with Crippen molar-refractivity contribution in [2.75, 3.05) is 0 Å². The van der Waals surface area contributed by atoms with Gasteiger partial charge >= 0.3 is 6.09 Å².